The van der Waals surface area contributed by atoms with Gasteiger partial charge in [0, 0.05) is 21.5 Å². The molecule has 0 aliphatic carbocycles. The van der Waals surface area contributed by atoms with E-state index in [4.69, 9.17) is 5.73 Å². The summed E-state index contributed by atoms with van der Waals surface area (Å²) in [5, 5.41) is 6.39. The van der Waals surface area contributed by atoms with Gasteiger partial charge in [0.25, 0.3) is 0 Å². The van der Waals surface area contributed by atoms with E-state index >= 15 is 0 Å². The average molecular weight is 298 g/mol. The lowest BCUT2D eigenvalue weighted by Crippen LogP contribution is -2.33. The van der Waals surface area contributed by atoms with Gasteiger partial charge in [-0.05, 0) is 67.8 Å². The maximum absolute atomic E-state index is 5.85. The molecule has 2 nitrogen and oxygen atoms in total. The fourth-order valence-electron chi connectivity index (χ4n) is 3.29. The van der Waals surface area contributed by atoms with Gasteiger partial charge in [0.05, 0.1) is 0 Å². The third-order valence-electron chi connectivity index (χ3n) is 4.10. The molecule has 21 heavy (non-hydrogen) atoms. The summed E-state index contributed by atoms with van der Waals surface area (Å²) < 4.78 is 0. The Morgan fingerprint density at radius 3 is 2.76 bits per heavy atom. The normalized spacial score (nSPS) is 19.1. The SMILES string of the molecule is CSc1ccc2c3c(cccc13)C/C(=C/N)CC(C)(C)N2. The van der Waals surface area contributed by atoms with Crippen LogP contribution in [-0.4, -0.2) is 11.8 Å². The summed E-state index contributed by atoms with van der Waals surface area (Å²) in [6, 6.07) is 11.0. The molecule has 2 aromatic rings. The zero-order valence-corrected chi connectivity index (χ0v) is 13.7. The number of anilines is 1. The molecule has 0 spiro atoms. The van der Waals surface area contributed by atoms with Crippen LogP contribution in [0, 0.1) is 0 Å². The van der Waals surface area contributed by atoms with E-state index in [2.05, 4.69) is 55.8 Å². The molecule has 0 amide bonds. The summed E-state index contributed by atoms with van der Waals surface area (Å²) in [7, 11) is 0. The number of thioether (sulfide) groups is 1. The molecule has 1 aliphatic rings. The van der Waals surface area contributed by atoms with Crippen molar-refractivity contribution in [3.8, 4) is 0 Å². The molecule has 1 heterocycles. The van der Waals surface area contributed by atoms with E-state index in [0.717, 1.165) is 12.8 Å². The van der Waals surface area contributed by atoms with Gasteiger partial charge in [-0.2, -0.15) is 0 Å². The summed E-state index contributed by atoms with van der Waals surface area (Å²) in [6.07, 6.45) is 5.81. The number of hydrogen-bond donors (Lipinski definition) is 2. The highest BCUT2D eigenvalue weighted by Crippen LogP contribution is 2.38. The largest absolute Gasteiger partial charge is 0.405 e. The van der Waals surface area contributed by atoms with Crippen LogP contribution in [0.5, 0.6) is 0 Å². The summed E-state index contributed by atoms with van der Waals surface area (Å²) in [4.78, 5) is 1.33. The van der Waals surface area contributed by atoms with Crippen LogP contribution < -0.4 is 11.1 Å². The van der Waals surface area contributed by atoms with E-state index in [1.54, 1.807) is 18.0 Å². The van der Waals surface area contributed by atoms with Crippen molar-refractivity contribution >= 4 is 28.2 Å². The van der Waals surface area contributed by atoms with Crippen LogP contribution >= 0.6 is 11.8 Å². The molecule has 1 aliphatic heterocycles. The zero-order chi connectivity index (χ0) is 15.0. The molecule has 0 saturated carbocycles. The van der Waals surface area contributed by atoms with Gasteiger partial charge in [0.15, 0.2) is 0 Å². The van der Waals surface area contributed by atoms with E-state index in [0.29, 0.717) is 0 Å². The maximum Gasteiger partial charge on any atom is 0.0427 e. The van der Waals surface area contributed by atoms with Crippen molar-refractivity contribution in [2.45, 2.75) is 37.1 Å². The minimum Gasteiger partial charge on any atom is -0.405 e. The summed E-state index contributed by atoms with van der Waals surface area (Å²) >= 11 is 1.80. The molecule has 0 fully saturated rings. The summed E-state index contributed by atoms with van der Waals surface area (Å²) in [5.41, 5.74) is 9.75. The molecular weight excluding hydrogens is 276 g/mol. The smallest absolute Gasteiger partial charge is 0.0427 e. The molecule has 0 radical (unpaired) electrons. The lowest BCUT2D eigenvalue weighted by molar-refractivity contribution is 0.553. The Labute approximate surface area is 130 Å². The lowest BCUT2D eigenvalue weighted by Gasteiger charge is -2.32. The highest BCUT2D eigenvalue weighted by Gasteiger charge is 2.24. The second-order valence-corrected chi connectivity index (χ2v) is 7.19. The van der Waals surface area contributed by atoms with Gasteiger partial charge in [0.1, 0.15) is 0 Å². The number of nitrogens with one attached hydrogen (secondary N) is 1. The molecule has 2 aromatic carbocycles. The van der Waals surface area contributed by atoms with Gasteiger partial charge < -0.3 is 11.1 Å². The molecular formula is C18H22N2S. The van der Waals surface area contributed by atoms with Crippen LogP contribution in [0.3, 0.4) is 0 Å². The molecule has 0 aromatic heterocycles. The van der Waals surface area contributed by atoms with Crippen LogP contribution in [0.4, 0.5) is 5.69 Å². The number of nitrogens with two attached hydrogens (primary N) is 1. The van der Waals surface area contributed by atoms with Gasteiger partial charge in [-0.25, -0.2) is 0 Å². The molecule has 0 unspecified atom stereocenters. The van der Waals surface area contributed by atoms with Crippen LogP contribution in [0.25, 0.3) is 10.8 Å². The highest BCUT2D eigenvalue weighted by atomic mass is 32.2. The third-order valence-corrected chi connectivity index (χ3v) is 4.90. The van der Waals surface area contributed by atoms with Gasteiger partial charge in [-0.15, -0.1) is 11.8 Å². The van der Waals surface area contributed by atoms with E-state index < -0.39 is 0 Å². The van der Waals surface area contributed by atoms with Gasteiger partial charge >= 0.3 is 0 Å². The predicted octanol–water partition coefficient (Wildman–Crippen LogP) is 4.54. The Balaban J connectivity index is 2.31. The average Bonchev–Trinajstić information content (AvgIpc) is 2.45. The molecule has 110 valence electrons. The van der Waals surface area contributed by atoms with Crippen molar-refractivity contribution in [3.05, 3.63) is 47.7 Å². The Bertz CT molecular complexity index is 716. The summed E-state index contributed by atoms with van der Waals surface area (Å²) in [5.74, 6) is 0. The monoisotopic (exact) mass is 298 g/mol. The Kier molecular flexibility index (Phi) is 3.62. The number of hydrogen-bond acceptors (Lipinski definition) is 3. The molecule has 0 atom stereocenters. The molecule has 0 bridgehead atoms. The fourth-order valence-corrected chi connectivity index (χ4v) is 3.88. The van der Waals surface area contributed by atoms with E-state index in [1.807, 2.05) is 0 Å². The third kappa shape index (κ3) is 2.62. The van der Waals surface area contributed by atoms with Crippen molar-refractivity contribution in [3.63, 3.8) is 0 Å². The van der Waals surface area contributed by atoms with E-state index in [1.165, 1.54) is 32.5 Å². The second kappa shape index (κ2) is 5.30. The van der Waals surface area contributed by atoms with Gasteiger partial charge in [-0.3, -0.25) is 0 Å². The van der Waals surface area contributed by atoms with Crippen LogP contribution in [0.2, 0.25) is 0 Å². The lowest BCUT2D eigenvalue weighted by atomic mass is 9.87. The van der Waals surface area contributed by atoms with E-state index in [-0.39, 0.29) is 5.54 Å². The molecule has 3 rings (SSSR count). The quantitative estimate of drug-likeness (QED) is 0.759. The zero-order valence-electron chi connectivity index (χ0n) is 12.9. The van der Waals surface area contributed by atoms with Crippen molar-refractivity contribution in [1.29, 1.82) is 0 Å². The first kappa shape index (κ1) is 14.3. The van der Waals surface area contributed by atoms with Gasteiger partial charge in [0.2, 0.25) is 0 Å². The topological polar surface area (TPSA) is 38.0 Å². The number of rotatable bonds is 1. The highest BCUT2D eigenvalue weighted by molar-refractivity contribution is 7.98. The van der Waals surface area contributed by atoms with Crippen LogP contribution in [-0.2, 0) is 6.42 Å². The maximum atomic E-state index is 5.85. The van der Waals surface area contributed by atoms with Crippen molar-refractivity contribution in [2.24, 2.45) is 5.73 Å². The standard InChI is InChI=1S/C18H22N2S/c1-18(2)10-12(11-19)9-13-5-4-6-14-16(21-3)8-7-15(20-18)17(13)14/h4-8,11,20H,9-10,19H2,1-3H3/b12-11-. The first-order valence-corrected chi connectivity index (χ1v) is 8.53. The first-order valence-electron chi connectivity index (χ1n) is 7.30. The Hall–Kier alpha value is -1.61. The molecule has 3 N–H and O–H groups in total. The minimum atomic E-state index is 0.00649. The minimum absolute atomic E-state index is 0.00649. The van der Waals surface area contributed by atoms with Crippen molar-refractivity contribution in [2.75, 3.05) is 11.6 Å². The first-order chi connectivity index (χ1) is 10.0. The second-order valence-electron chi connectivity index (χ2n) is 6.34. The van der Waals surface area contributed by atoms with Crippen LogP contribution in [0.1, 0.15) is 25.8 Å². The summed E-state index contributed by atoms with van der Waals surface area (Å²) in [6.45, 7) is 4.47. The van der Waals surface area contributed by atoms with Gasteiger partial charge in [-0.1, -0.05) is 18.2 Å². The van der Waals surface area contributed by atoms with Crippen molar-refractivity contribution in [1.82, 2.24) is 0 Å². The Morgan fingerprint density at radius 2 is 2.05 bits per heavy atom. The molecule has 0 saturated heterocycles. The fraction of sp³-hybridized carbons (Fsp3) is 0.333. The van der Waals surface area contributed by atoms with E-state index in [9.17, 15) is 0 Å². The van der Waals surface area contributed by atoms with Crippen LogP contribution in [0.15, 0.2) is 47.0 Å². The number of benzene rings is 2. The predicted molar refractivity (Wildman–Crippen MR) is 94.0 cm³/mol. The Morgan fingerprint density at radius 1 is 1.24 bits per heavy atom. The van der Waals surface area contributed by atoms with Crippen molar-refractivity contribution < 1.29 is 0 Å². The molecule has 3 heteroatoms.